The number of carbonyl (C=O) groups is 1. The van der Waals surface area contributed by atoms with E-state index in [1.807, 2.05) is 27.7 Å². The molecule has 12 heavy (non-hydrogen) atoms. The Bertz CT molecular complexity index is 144. The van der Waals surface area contributed by atoms with Gasteiger partial charge < -0.3 is 4.74 Å². The van der Waals surface area contributed by atoms with E-state index in [2.05, 4.69) is 0 Å². The highest BCUT2D eigenvalue weighted by atomic mass is 16.5. The second-order valence-electron chi connectivity index (χ2n) is 4.26. The molecule has 0 amide bonds. The van der Waals surface area contributed by atoms with Crippen LogP contribution in [0.25, 0.3) is 0 Å². The fraction of sp³-hybridized carbons (Fsp3) is 0.900. The number of carbonyl (C=O) groups excluding carboxylic acids is 1. The molecule has 0 aromatic carbocycles. The van der Waals surface area contributed by atoms with E-state index < -0.39 is 0 Å². The number of methoxy groups -OCH3 is 1. The summed E-state index contributed by atoms with van der Waals surface area (Å²) in [5.41, 5.74) is -0.201. The lowest BCUT2D eigenvalue weighted by Gasteiger charge is -2.17. The molecule has 0 aliphatic carbocycles. The molecule has 0 fully saturated rings. The second kappa shape index (κ2) is 4.61. The molecular weight excluding hydrogens is 152 g/mol. The largest absolute Gasteiger partial charge is 0.382 e. The molecule has 0 N–H and O–H groups in total. The Labute approximate surface area is 75.3 Å². The maximum Gasteiger partial charge on any atom is 0.138 e. The van der Waals surface area contributed by atoms with Crippen LogP contribution in [0.5, 0.6) is 0 Å². The molecule has 1 atom stereocenters. The van der Waals surface area contributed by atoms with Crippen molar-refractivity contribution >= 4 is 5.78 Å². The Morgan fingerprint density at radius 2 is 1.92 bits per heavy atom. The summed E-state index contributed by atoms with van der Waals surface area (Å²) in [6.45, 7) is 7.84. The van der Waals surface area contributed by atoms with Crippen molar-refractivity contribution < 1.29 is 9.53 Å². The van der Waals surface area contributed by atoms with Crippen molar-refractivity contribution in [1.29, 1.82) is 0 Å². The predicted molar refractivity (Wildman–Crippen MR) is 50.2 cm³/mol. The molecule has 2 heteroatoms. The van der Waals surface area contributed by atoms with E-state index in [4.69, 9.17) is 4.74 Å². The third-order valence-corrected chi connectivity index (χ3v) is 2.02. The van der Waals surface area contributed by atoms with Gasteiger partial charge in [-0.15, -0.1) is 0 Å². The third kappa shape index (κ3) is 4.50. The fourth-order valence-corrected chi connectivity index (χ4v) is 0.827. The van der Waals surface area contributed by atoms with Gasteiger partial charge >= 0.3 is 0 Å². The molecule has 0 radical (unpaired) electrons. The van der Waals surface area contributed by atoms with E-state index in [0.717, 1.165) is 6.42 Å². The van der Waals surface area contributed by atoms with Crippen molar-refractivity contribution in [2.24, 2.45) is 5.41 Å². The fourth-order valence-electron chi connectivity index (χ4n) is 0.827. The van der Waals surface area contributed by atoms with Gasteiger partial charge in [0.1, 0.15) is 5.78 Å². The zero-order valence-corrected chi connectivity index (χ0v) is 8.81. The first-order chi connectivity index (χ1) is 5.38. The molecule has 72 valence electrons. The summed E-state index contributed by atoms with van der Waals surface area (Å²) in [4.78, 5) is 11.4. The van der Waals surface area contributed by atoms with Crippen LogP contribution in [0.1, 0.15) is 40.5 Å². The van der Waals surface area contributed by atoms with E-state index in [1.165, 1.54) is 0 Å². The summed E-state index contributed by atoms with van der Waals surface area (Å²) in [7, 11) is 1.67. The maximum absolute atomic E-state index is 11.4. The lowest BCUT2D eigenvalue weighted by Crippen LogP contribution is -2.21. The van der Waals surface area contributed by atoms with Gasteiger partial charge in [0.05, 0.1) is 6.10 Å². The first kappa shape index (κ1) is 11.6. The van der Waals surface area contributed by atoms with Crippen LogP contribution < -0.4 is 0 Å². The normalized spacial score (nSPS) is 14.4. The van der Waals surface area contributed by atoms with Crippen molar-refractivity contribution in [3.63, 3.8) is 0 Å². The van der Waals surface area contributed by atoms with E-state index >= 15 is 0 Å². The summed E-state index contributed by atoms with van der Waals surface area (Å²) < 4.78 is 5.06. The molecular formula is C10H20O2. The van der Waals surface area contributed by atoms with Crippen molar-refractivity contribution in [2.45, 2.75) is 46.6 Å². The van der Waals surface area contributed by atoms with E-state index in [0.29, 0.717) is 12.2 Å². The minimum absolute atomic E-state index is 0.191. The van der Waals surface area contributed by atoms with Gasteiger partial charge in [0, 0.05) is 18.9 Å². The second-order valence-corrected chi connectivity index (χ2v) is 4.26. The van der Waals surface area contributed by atoms with Gasteiger partial charge in [-0.2, -0.15) is 0 Å². The Kier molecular flexibility index (Phi) is 4.46. The highest BCUT2D eigenvalue weighted by Gasteiger charge is 2.20. The van der Waals surface area contributed by atoms with Gasteiger partial charge in [-0.3, -0.25) is 4.79 Å². The molecule has 0 aliphatic heterocycles. The maximum atomic E-state index is 11.4. The van der Waals surface area contributed by atoms with Crippen LogP contribution in [0.15, 0.2) is 0 Å². The summed E-state index contributed by atoms with van der Waals surface area (Å²) in [5, 5.41) is 0. The molecule has 0 heterocycles. The van der Waals surface area contributed by atoms with Crippen LogP contribution in [0, 0.1) is 5.41 Å². The lowest BCUT2D eigenvalue weighted by molar-refractivity contribution is -0.126. The van der Waals surface area contributed by atoms with Crippen molar-refractivity contribution in [2.75, 3.05) is 7.11 Å². The van der Waals surface area contributed by atoms with Crippen molar-refractivity contribution in [3.05, 3.63) is 0 Å². The summed E-state index contributed by atoms with van der Waals surface area (Å²) in [5.74, 6) is 0.311. The van der Waals surface area contributed by atoms with E-state index in [-0.39, 0.29) is 11.5 Å². The zero-order valence-electron chi connectivity index (χ0n) is 8.81. The number of Topliss-reactive ketones (excluding diaryl/α,β-unsaturated/α-hetero) is 1. The van der Waals surface area contributed by atoms with Crippen LogP contribution >= 0.6 is 0 Å². The van der Waals surface area contributed by atoms with Crippen LogP contribution in [-0.2, 0) is 9.53 Å². The Balaban J connectivity index is 3.73. The average Bonchev–Trinajstić information content (AvgIpc) is 1.97. The first-order valence-electron chi connectivity index (χ1n) is 4.44. The molecule has 1 unspecified atom stereocenters. The molecule has 0 aliphatic rings. The molecule has 0 aromatic rings. The van der Waals surface area contributed by atoms with Crippen molar-refractivity contribution in [3.8, 4) is 0 Å². The molecule has 0 saturated heterocycles. The number of ether oxygens (including phenoxy) is 1. The molecule has 0 rings (SSSR count). The smallest absolute Gasteiger partial charge is 0.138 e. The standard InChI is InChI=1S/C10H20O2/c1-8(12-5)6-7-9(11)10(2,3)4/h8H,6-7H2,1-5H3. The van der Waals surface area contributed by atoms with E-state index in [1.54, 1.807) is 7.11 Å². The van der Waals surface area contributed by atoms with Crippen LogP contribution in [0.2, 0.25) is 0 Å². The minimum Gasteiger partial charge on any atom is -0.382 e. The van der Waals surface area contributed by atoms with Crippen molar-refractivity contribution in [1.82, 2.24) is 0 Å². The summed E-state index contributed by atoms with van der Waals surface area (Å²) in [6.07, 6.45) is 1.64. The monoisotopic (exact) mass is 172 g/mol. The highest BCUT2D eigenvalue weighted by Crippen LogP contribution is 2.18. The Morgan fingerprint density at radius 1 is 1.42 bits per heavy atom. The molecule has 0 aromatic heterocycles. The number of hydrogen-bond donors (Lipinski definition) is 0. The van der Waals surface area contributed by atoms with Gasteiger partial charge in [0.2, 0.25) is 0 Å². The minimum atomic E-state index is -0.201. The zero-order chi connectivity index (χ0) is 9.78. The topological polar surface area (TPSA) is 26.3 Å². The SMILES string of the molecule is COC(C)CCC(=O)C(C)(C)C. The average molecular weight is 172 g/mol. The van der Waals surface area contributed by atoms with Gasteiger partial charge in [-0.1, -0.05) is 20.8 Å². The molecule has 0 bridgehead atoms. The number of rotatable bonds is 4. The van der Waals surface area contributed by atoms with Crippen LogP contribution in [-0.4, -0.2) is 19.0 Å². The summed E-state index contributed by atoms with van der Waals surface area (Å²) in [6, 6.07) is 0. The lowest BCUT2D eigenvalue weighted by atomic mass is 9.88. The predicted octanol–water partition coefficient (Wildman–Crippen LogP) is 2.42. The highest BCUT2D eigenvalue weighted by molar-refractivity contribution is 5.83. The van der Waals surface area contributed by atoms with Crippen LogP contribution in [0.3, 0.4) is 0 Å². The Morgan fingerprint density at radius 3 is 2.25 bits per heavy atom. The Hall–Kier alpha value is -0.370. The van der Waals surface area contributed by atoms with E-state index in [9.17, 15) is 4.79 Å². The van der Waals surface area contributed by atoms with Gasteiger partial charge in [0.25, 0.3) is 0 Å². The van der Waals surface area contributed by atoms with Gasteiger partial charge in [0.15, 0.2) is 0 Å². The number of ketones is 1. The van der Waals surface area contributed by atoms with Crippen LogP contribution in [0.4, 0.5) is 0 Å². The quantitative estimate of drug-likeness (QED) is 0.651. The molecule has 0 spiro atoms. The third-order valence-electron chi connectivity index (χ3n) is 2.02. The van der Waals surface area contributed by atoms with Gasteiger partial charge in [-0.05, 0) is 13.3 Å². The van der Waals surface area contributed by atoms with Gasteiger partial charge in [-0.25, -0.2) is 0 Å². The molecule has 0 saturated carbocycles. The molecule has 2 nitrogen and oxygen atoms in total. The summed E-state index contributed by atoms with van der Waals surface area (Å²) >= 11 is 0. The first-order valence-corrected chi connectivity index (χ1v) is 4.44. The number of hydrogen-bond acceptors (Lipinski definition) is 2.